The van der Waals surface area contributed by atoms with Gasteiger partial charge in [-0.3, -0.25) is 9.59 Å². The van der Waals surface area contributed by atoms with Crippen LogP contribution in [-0.4, -0.2) is 23.8 Å². The van der Waals surface area contributed by atoms with Gasteiger partial charge in [-0.05, 0) is 48.4 Å². The zero-order chi connectivity index (χ0) is 24.2. The normalized spacial score (nSPS) is 12.2. The van der Waals surface area contributed by atoms with E-state index in [2.05, 4.69) is 5.32 Å². The van der Waals surface area contributed by atoms with E-state index < -0.39 is 29.6 Å². The molecule has 0 aliphatic rings. The van der Waals surface area contributed by atoms with E-state index in [1.165, 1.54) is 43.4 Å². The van der Waals surface area contributed by atoms with Crippen molar-refractivity contribution in [1.82, 2.24) is 5.32 Å². The maximum Gasteiger partial charge on any atom is 0.416 e. The maximum absolute atomic E-state index is 12.8. The van der Waals surface area contributed by atoms with Crippen molar-refractivity contribution < 1.29 is 32.3 Å². The lowest BCUT2D eigenvalue weighted by atomic mass is 9.98. The van der Waals surface area contributed by atoms with E-state index in [-0.39, 0.29) is 11.5 Å². The Balaban J connectivity index is 1.74. The molecule has 0 saturated heterocycles. The number of Topliss-reactive ketones (excluding diaryl/α,β-unsaturated/α-hetero) is 1. The molecule has 1 unspecified atom stereocenters. The maximum atomic E-state index is 12.8. The van der Waals surface area contributed by atoms with E-state index in [0.29, 0.717) is 22.5 Å². The molecule has 1 N–H and O–H groups in total. The summed E-state index contributed by atoms with van der Waals surface area (Å²) in [5.74, 6) is -1.35. The van der Waals surface area contributed by atoms with Crippen LogP contribution < -0.4 is 5.32 Å². The number of ketones is 1. The highest BCUT2D eigenvalue weighted by atomic mass is 32.1. The second-order valence-electron chi connectivity index (χ2n) is 7.21. The van der Waals surface area contributed by atoms with Gasteiger partial charge in [0.25, 0.3) is 0 Å². The molecular formula is C24H20F3NO4S. The average Bonchev–Trinajstić information content (AvgIpc) is 3.25. The average molecular weight is 475 g/mol. The number of hydrogen-bond acceptors (Lipinski definition) is 5. The molecule has 0 saturated carbocycles. The predicted molar refractivity (Wildman–Crippen MR) is 118 cm³/mol. The molecule has 0 aliphatic carbocycles. The molecule has 5 nitrogen and oxygen atoms in total. The van der Waals surface area contributed by atoms with Crippen molar-refractivity contribution in [3.63, 3.8) is 0 Å². The van der Waals surface area contributed by atoms with Gasteiger partial charge in [0.2, 0.25) is 11.7 Å². The van der Waals surface area contributed by atoms with Gasteiger partial charge in [0.1, 0.15) is 0 Å². The van der Waals surface area contributed by atoms with Crippen LogP contribution in [-0.2, 0) is 22.3 Å². The van der Waals surface area contributed by atoms with Gasteiger partial charge in [-0.2, -0.15) is 13.2 Å². The molecule has 9 heteroatoms. The predicted octanol–water partition coefficient (Wildman–Crippen LogP) is 5.50. The van der Waals surface area contributed by atoms with Gasteiger partial charge in [-0.15, -0.1) is 11.3 Å². The topological polar surface area (TPSA) is 72.5 Å². The van der Waals surface area contributed by atoms with Crippen molar-refractivity contribution in [1.29, 1.82) is 0 Å². The molecule has 3 aromatic rings. The number of ether oxygens (including phenoxy) is 1. The third-order valence-electron chi connectivity index (χ3n) is 4.74. The van der Waals surface area contributed by atoms with Crippen LogP contribution in [0.2, 0.25) is 0 Å². The van der Waals surface area contributed by atoms with Crippen molar-refractivity contribution >= 4 is 29.0 Å². The standard InChI is InChI=1S/C24H20F3NO4S/c1-14(22(30)21-12-11-18(33-21)13-28-15(2)29)32-23(31)20-6-4-3-5-19(20)16-7-9-17(10-8-16)24(25,26)27/h3-12,14H,13H2,1-2H3,(H,28,29). The molecule has 33 heavy (non-hydrogen) atoms. The third kappa shape index (κ3) is 6.07. The van der Waals surface area contributed by atoms with Gasteiger partial charge in [0.05, 0.1) is 22.5 Å². The largest absolute Gasteiger partial charge is 0.451 e. The van der Waals surface area contributed by atoms with Crippen LogP contribution in [0.25, 0.3) is 11.1 Å². The summed E-state index contributed by atoms with van der Waals surface area (Å²) in [5.41, 5.74) is 0.147. The quantitative estimate of drug-likeness (QED) is 0.362. The van der Waals surface area contributed by atoms with Crippen LogP contribution >= 0.6 is 11.3 Å². The van der Waals surface area contributed by atoms with Crippen LogP contribution in [0, 0.1) is 0 Å². The highest BCUT2D eigenvalue weighted by molar-refractivity contribution is 7.14. The Morgan fingerprint density at radius 3 is 2.30 bits per heavy atom. The summed E-state index contributed by atoms with van der Waals surface area (Å²) in [6, 6.07) is 14.1. The smallest absolute Gasteiger partial charge is 0.416 e. The van der Waals surface area contributed by atoms with Crippen LogP contribution in [0.3, 0.4) is 0 Å². The first-order valence-electron chi connectivity index (χ1n) is 9.91. The number of benzene rings is 2. The van der Waals surface area contributed by atoms with Crippen LogP contribution in [0.5, 0.6) is 0 Å². The molecule has 1 atom stereocenters. The molecule has 0 bridgehead atoms. The van der Waals surface area contributed by atoms with Crippen molar-refractivity contribution in [2.24, 2.45) is 0 Å². The highest BCUT2D eigenvalue weighted by Crippen LogP contribution is 2.32. The molecule has 0 radical (unpaired) electrons. The summed E-state index contributed by atoms with van der Waals surface area (Å²) < 4.78 is 43.9. The van der Waals surface area contributed by atoms with E-state index >= 15 is 0 Å². The minimum absolute atomic E-state index is 0.134. The molecule has 1 heterocycles. The summed E-state index contributed by atoms with van der Waals surface area (Å²) >= 11 is 1.19. The zero-order valence-corrected chi connectivity index (χ0v) is 18.5. The Kier molecular flexibility index (Phi) is 7.33. The van der Waals surface area contributed by atoms with Gasteiger partial charge >= 0.3 is 12.1 Å². The van der Waals surface area contributed by atoms with Gasteiger partial charge < -0.3 is 10.1 Å². The Hall–Kier alpha value is -3.46. The third-order valence-corrected chi connectivity index (χ3v) is 5.84. The van der Waals surface area contributed by atoms with Crippen molar-refractivity contribution in [3.05, 3.63) is 81.5 Å². The lowest BCUT2D eigenvalue weighted by Crippen LogP contribution is -2.24. The van der Waals surface area contributed by atoms with Gasteiger partial charge in [0.15, 0.2) is 6.10 Å². The Morgan fingerprint density at radius 1 is 1.00 bits per heavy atom. The van der Waals surface area contributed by atoms with Gasteiger partial charge in [0, 0.05) is 11.8 Å². The van der Waals surface area contributed by atoms with Crippen LogP contribution in [0.4, 0.5) is 13.2 Å². The van der Waals surface area contributed by atoms with E-state index in [1.807, 2.05) is 0 Å². The molecule has 0 fully saturated rings. The zero-order valence-electron chi connectivity index (χ0n) is 17.7. The van der Waals surface area contributed by atoms with E-state index in [9.17, 15) is 27.6 Å². The van der Waals surface area contributed by atoms with E-state index in [0.717, 1.165) is 17.0 Å². The highest BCUT2D eigenvalue weighted by Gasteiger charge is 2.30. The Morgan fingerprint density at radius 2 is 1.67 bits per heavy atom. The number of carbonyl (C=O) groups is 3. The summed E-state index contributed by atoms with van der Waals surface area (Å²) in [6.07, 6.45) is -5.54. The number of alkyl halides is 3. The number of halogens is 3. The first-order valence-corrected chi connectivity index (χ1v) is 10.7. The summed E-state index contributed by atoms with van der Waals surface area (Å²) in [7, 11) is 0. The molecular weight excluding hydrogens is 455 g/mol. The molecule has 0 aliphatic heterocycles. The molecule has 1 amide bonds. The van der Waals surface area contributed by atoms with E-state index in [1.54, 1.807) is 30.3 Å². The Labute approximate surface area is 192 Å². The number of rotatable bonds is 7. The van der Waals surface area contributed by atoms with Crippen LogP contribution in [0.1, 0.15) is 44.3 Å². The summed E-state index contributed by atoms with van der Waals surface area (Å²) in [5, 5.41) is 2.64. The lowest BCUT2D eigenvalue weighted by molar-refractivity contribution is -0.137. The Bertz CT molecular complexity index is 1170. The number of esters is 1. The fourth-order valence-electron chi connectivity index (χ4n) is 3.05. The first kappa shape index (κ1) is 24.2. The van der Waals surface area contributed by atoms with E-state index in [4.69, 9.17) is 4.74 Å². The molecule has 0 spiro atoms. The SMILES string of the molecule is CC(=O)NCc1ccc(C(=O)C(C)OC(=O)c2ccccc2-c2ccc(C(F)(F)F)cc2)s1. The molecule has 172 valence electrons. The molecule has 3 rings (SSSR count). The van der Waals surface area contributed by atoms with Gasteiger partial charge in [-0.1, -0.05) is 30.3 Å². The minimum atomic E-state index is -4.46. The molecule has 1 aromatic heterocycles. The van der Waals surface area contributed by atoms with Crippen molar-refractivity contribution in [2.75, 3.05) is 0 Å². The summed E-state index contributed by atoms with van der Waals surface area (Å²) in [4.78, 5) is 37.7. The molecule has 2 aromatic carbocycles. The number of thiophene rings is 1. The number of nitrogens with one attached hydrogen (secondary N) is 1. The lowest BCUT2D eigenvalue weighted by Gasteiger charge is -2.14. The number of hydrogen-bond donors (Lipinski definition) is 1. The second-order valence-corrected chi connectivity index (χ2v) is 8.38. The fourth-order valence-corrected chi connectivity index (χ4v) is 4.01. The fraction of sp³-hybridized carbons (Fsp3) is 0.208. The first-order chi connectivity index (χ1) is 15.6. The number of carbonyl (C=O) groups excluding carboxylic acids is 3. The minimum Gasteiger partial charge on any atom is -0.451 e. The monoisotopic (exact) mass is 475 g/mol. The van der Waals surface area contributed by atoms with Crippen molar-refractivity contribution in [2.45, 2.75) is 32.7 Å². The second kappa shape index (κ2) is 9.99. The number of amides is 1. The van der Waals surface area contributed by atoms with Crippen molar-refractivity contribution in [3.8, 4) is 11.1 Å². The van der Waals surface area contributed by atoms with Crippen LogP contribution in [0.15, 0.2) is 60.7 Å². The summed E-state index contributed by atoms with van der Waals surface area (Å²) in [6.45, 7) is 3.14. The van der Waals surface area contributed by atoms with Gasteiger partial charge in [-0.25, -0.2) is 4.79 Å².